The quantitative estimate of drug-likeness (QED) is 0.572. The number of fused-ring (bicyclic) bond motifs is 4. The second kappa shape index (κ2) is 6.33. The van der Waals surface area contributed by atoms with E-state index in [2.05, 4.69) is 68.3 Å². The molecule has 2 aromatic rings. The lowest BCUT2D eigenvalue weighted by Crippen LogP contribution is -2.09. The van der Waals surface area contributed by atoms with Gasteiger partial charge >= 0.3 is 0 Å². The number of aryl methyl sites for hydroxylation is 1. The van der Waals surface area contributed by atoms with E-state index in [1.807, 2.05) is 0 Å². The van der Waals surface area contributed by atoms with Crippen LogP contribution < -0.4 is 9.47 Å². The number of hydrogen-bond acceptors (Lipinski definition) is 2. The molecule has 0 aromatic heterocycles. The average molecular weight is 436 g/mol. The number of allylic oxidation sites excluding steroid dienone is 1. The van der Waals surface area contributed by atoms with E-state index in [0.29, 0.717) is 13.2 Å². The van der Waals surface area contributed by atoms with Gasteiger partial charge in [0.1, 0.15) is 18.1 Å². The Morgan fingerprint density at radius 3 is 2.91 bits per heavy atom. The lowest BCUT2D eigenvalue weighted by molar-refractivity contribution is 0.299. The van der Waals surface area contributed by atoms with Crippen molar-refractivity contribution >= 4 is 37.9 Å². The van der Waals surface area contributed by atoms with E-state index in [9.17, 15) is 0 Å². The number of benzene rings is 2. The molecule has 0 radical (unpaired) electrons. The predicted octanol–water partition coefficient (Wildman–Crippen LogP) is 5.74. The van der Waals surface area contributed by atoms with E-state index in [1.54, 1.807) is 0 Å². The van der Waals surface area contributed by atoms with Gasteiger partial charge in [-0.2, -0.15) is 0 Å². The van der Waals surface area contributed by atoms with Crippen molar-refractivity contribution < 1.29 is 9.47 Å². The highest BCUT2D eigenvalue weighted by Gasteiger charge is 2.23. The van der Waals surface area contributed by atoms with Crippen molar-refractivity contribution in [2.24, 2.45) is 0 Å². The Morgan fingerprint density at radius 1 is 1.13 bits per heavy atom. The molecule has 2 aromatic carbocycles. The maximum Gasteiger partial charge on any atom is 0.128 e. The molecule has 0 N–H and O–H groups in total. The molecule has 0 unspecified atom stereocenters. The van der Waals surface area contributed by atoms with Gasteiger partial charge in [-0.25, -0.2) is 0 Å². The van der Waals surface area contributed by atoms with Gasteiger partial charge in [0.2, 0.25) is 0 Å². The van der Waals surface area contributed by atoms with Crippen LogP contribution in [0.2, 0.25) is 0 Å². The van der Waals surface area contributed by atoms with Gasteiger partial charge in [-0.05, 0) is 48.2 Å². The fourth-order valence-electron chi connectivity index (χ4n) is 3.22. The van der Waals surface area contributed by atoms with Gasteiger partial charge in [-0.1, -0.05) is 44.0 Å². The van der Waals surface area contributed by atoms with Crippen LogP contribution in [0.3, 0.4) is 0 Å². The van der Waals surface area contributed by atoms with Crippen LogP contribution in [0, 0.1) is 0 Å². The van der Waals surface area contributed by atoms with Gasteiger partial charge in [0.05, 0.1) is 6.61 Å². The first-order valence-electron chi connectivity index (χ1n) is 7.74. The molecule has 0 fully saturated rings. The summed E-state index contributed by atoms with van der Waals surface area (Å²) in [5.74, 6) is 1.85. The van der Waals surface area contributed by atoms with Crippen molar-refractivity contribution in [2.75, 3.05) is 11.9 Å². The van der Waals surface area contributed by atoms with E-state index < -0.39 is 0 Å². The number of ether oxygens (including phenoxy) is 2. The Bertz CT molecular complexity index is 796. The normalized spacial score (nSPS) is 14.5. The molecule has 0 atom stereocenters. The first-order valence-corrected chi connectivity index (χ1v) is 9.65. The lowest BCUT2D eigenvalue weighted by Gasteiger charge is -2.25. The van der Waals surface area contributed by atoms with Crippen molar-refractivity contribution in [2.45, 2.75) is 19.4 Å². The molecule has 1 aliphatic carbocycles. The van der Waals surface area contributed by atoms with Crippen molar-refractivity contribution in [3.63, 3.8) is 0 Å². The van der Waals surface area contributed by atoms with Gasteiger partial charge in [0.25, 0.3) is 0 Å². The summed E-state index contributed by atoms with van der Waals surface area (Å²) in [5.41, 5.74) is 6.26. The largest absolute Gasteiger partial charge is 0.493 e. The van der Waals surface area contributed by atoms with Crippen molar-refractivity contribution in [1.29, 1.82) is 0 Å². The number of halogens is 2. The van der Waals surface area contributed by atoms with Gasteiger partial charge < -0.3 is 9.47 Å². The van der Waals surface area contributed by atoms with E-state index in [0.717, 1.165) is 34.1 Å². The maximum atomic E-state index is 6.01. The minimum Gasteiger partial charge on any atom is -0.493 e. The van der Waals surface area contributed by atoms with Crippen LogP contribution in [0.25, 0.3) is 17.2 Å². The van der Waals surface area contributed by atoms with Crippen molar-refractivity contribution in [1.82, 2.24) is 0 Å². The fraction of sp³-hybridized carbons (Fsp3) is 0.263. The Morgan fingerprint density at radius 2 is 2.04 bits per heavy atom. The lowest BCUT2D eigenvalue weighted by atomic mass is 9.89. The summed E-state index contributed by atoms with van der Waals surface area (Å²) in [4.78, 5) is 0. The Balaban J connectivity index is 1.81. The van der Waals surface area contributed by atoms with E-state index in [1.165, 1.54) is 27.8 Å². The summed E-state index contributed by atoms with van der Waals surface area (Å²) in [6.45, 7) is 1.23. The highest BCUT2D eigenvalue weighted by Crippen LogP contribution is 2.45. The number of rotatable bonds is 3. The summed E-state index contributed by atoms with van der Waals surface area (Å²) in [6.07, 6.45) is 6.64. The molecule has 0 saturated carbocycles. The highest BCUT2D eigenvalue weighted by atomic mass is 79.9. The monoisotopic (exact) mass is 434 g/mol. The van der Waals surface area contributed by atoms with Crippen molar-refractivity contribution in [3.05, 3.63) is 51.5 Å². The van der Waals surface area contributed by atoms with Gasteiger partial charge in [-0.3, -0.25) is 0 Å². The van der Waals surface area contributed by atoms with Crippen LogP contribution in [0.15, 0.2) is 34.8 Å². The second-order valence-corrected chi connectivity index (χ2v) is 7.40. The molecule has 1 aliphatic heterocycles. The maximum absolute atomic E-state index is 6.01. The smallest absolute Gasteiger partial charge is 0.128 e. The van der Waals surface area contributed by atoms with E-state index >= 15 is 0 Å². The van der Waals surface area contributed by atoms with E-state index in [-0.39, 0.29) is 0 Å². The molecular weight excluding hydrogens is 420 g/mol. The van der Waals surface area contributed by atoms with Crippen LogP contribution in [0.5, 0.6) is 11.5 Å². The Kier molecular flexibility index (Phi) is 4.20. The van der Waals surface area contributed by atoms with Crippen LogP contribution in [-0.4, -0.2) is 11.9 Å². The van der Waals surface area contributed by atoms with Crippen LogP contribution in [0.4, 0.5) is 0 Å². The zero-order valence-electron chi connectivity index (χ0n) is 12.6. The molecule has 4 heteroatoms. The summed E-state index contributed by atoms with van der Waals surface area (Å²) < 4.78 is 12.8. The molecule has 2 nitrogen and oxygen atoms in total. The molecule has 2 aliphatic rings. The van der Waals surface area contributed by atoms with Crippen LogP contribution >= 0.6 is 31.9 Å². The summed E-state index contributed by atoms with van der Waals surface area (Å²) >= 11 is 7.12. The highest BCUT2D eigenvalue weighted by molar-refractivity contribution is 9.10. The minimum atomic E-state index is 0.578. The van der Waals surface area contributed by atoms with Crippen LogP contribution in [-0.2, 0) is 13.0 Å². The first-order chi connectivity index (χ1) is 11.3. The zero-order valence-corrected chi connectivity index (χ0v) is 15.7. The van der Waals surface area contributed by atoms with E-state index in [4.69, 9.17) is 9.47 Å². The Labute approximate surface area is 152 Å². The SMILES string of the molecule is BrCCOc1cc(Br)c2c(c1)COc1cc3c(cc1-2)CCC=C3. The average Bonchev–Trinajstić information content (AvgIpc) is 2.57. The van der Waals surface area contributed by atoms with Crippen LogP contribution in [0.1, 0.15) is 23.1 Å². The summed E-state index contributed by atoms with van der Waals surface area (Å²) in [6, 6.07) is 8.60. The zero-order chi connectivity index (χ0) is 15.8. The number of hydrogen-bond donors (Lipinski definition) is 0. The number of alkyl halides is 1. The molecule has 0 spiro atoms. The Hall–Kier alpha value is -1.26. The van der Waals surface area contributed by atoms with Crippen molar-refractivity contribution in [3.8, 4) is 22.6 Å². The third kappa shape index (κ3) is 2.83. The first kappa shape index (κ1) is 15.3. The van der Waals surface area contributed by atoms with Gasteiger partial charge in [-0.15, -0.1) is 0 Å². The molecule has 0 amide bonds. The third-order valence-electron chi connectivity index (χ3n) is 4.26. The standard InChI is InChI=1S/C19H16Br2O2/c20-5-6-22-15-7-14-11-23-18-9-13-4-2-1-3-12(13)8-16(18)19(14)17(21)10-15/h2,4,7-10H,1,3,5-6,11H2. The topological polar surface area (TPSA) is 18.5 Å². The minimum absolute atomic E-state index is 0.578. The molecule has 0 saturated heterocycles. The third-order valence-corrected chi connectivity index (χ3v) is 5.21. The molecule has 4 rings (SSSR count). The predicted molar refractivity (Wildman–Crippen MR) is 101 cm³/mol. The molecule has 0 bridgehead atoms. The molecular formula is C19H16Br2O2. The molecule has 118 valence electrons. The van der Waals surface area contributed by atoms with Gasteiger partial charge in [0.15, 0.2) is 0 Å². The fourth-order valence-corrected chi connectivity index (χ4v) is 4.08. The molecule has 23 heavy (non-hydrogen) atoms. The summed E-state index contributed by atoms with van der Waals surface area (Å²) in [5, 5.41) is 0.820. The molecule has 1 heterocycles. The second-order valence-electron chi connectivity index (χ2n) is 5.75. The van der Waals surface area contributed by atoms with Gasteiger partial charge in [0, 0.05) is 26.5 Å². The summed E-state index contributed by atoms with van der Waals surface area (Å²) in [7, 11) is 0.